The molecule has 1 rings (SSSR count). The minimum absolute atomic E-state index is 0.00319. The maximum atomic E-state index is 9.39. The van der Waals surface area contributed by atoms with E-state index in [-0.39, 0.29) is 6.10 Å². The Morgan fingerprint density at radius 1 is 1.60 bits per heavy atom. The van der Waals surface area contributed by atoms with Crippen molar-refractivity contribution < 1.29 is 5.11 Å². The molecule has 0 aromatic heterocycles. The molecule has 1 saturated heterocycles. The van der Waals surface area contributed by atoms with Crippen LogP contribution < -0.4 is 0 Å². The van der Waals surface area contributed by atoms with E-state index in [9.17, 15) is 5.11 Å². The third kappa shape index (κ3) is 2.17. The highest BCUT2D eigenvalue weighted by Gasteiger charge is 2.24. The fraction of sp³-hybridized carbons (Fsp3) is 1.00. The number of unbranched alkanes of at least 4 members (excludes halogenated alkanes) is 1. The average molecular weight is 160 g/mol. The van der Waals surface area contributed by atoms with E-state index in [1.54, 1.807) is 0 Å². The van der Waals surface area contributed by atoms with Crippen molar-refractivity contribution >= 4 is 11.8 Å². The summed E-state index contributed by atoms with van der Waals surface area (Å²) in [5.74, 6) is 1.16. The molecule has 0 bridgehead atoms. The van der Waals surface area contributed by atoms with Gasteiger partial charge in [0.2, 0.25) is 0 Å². The van der Waals surface area contributed by atoms with Crippen molar-refractivity contribution in [2.45, 2.75) is 44.0 Å². The van der Waals surface area contributed by atoms with Gasteiger partial charge in [-0.2, -0.15) is 11.8 Å². The number of rotatable bonds is 3. The summed E-state index contributed by atoms with van der Waals surface area (Å²) >= 11 is 1.94. The summed E-state index contributed by atoms with van der Waals surface area (Å²) in [6, 6.07) is 0. The lowest BCUT2D eigenvalue weighted by Gasteiger charge is -2.11. The molecule has 10 heavy (non-hydrogen) atoms. The summed E-state index contributed by atoms with van der Waals surface area (Å²) in [6.45, 7) is 2.20. The normalized spacial score (nSPS) is 33.0. The van der Waals surface area contributed by atoms with Crippen molar-refractivity contribution in [3.05, 3.63) is 0 Å². The van der Waals surface area contributed by atoms with E-state index in [4.69, 9.17) is 0 Å². The first-order valence-corrected chi connectivity index (χ1v) is 5.19. The Bertz CT molecular complexity index is 95.3. The van der Waals surface area contributed by atoms with Crippen molar-refractivity contribution in [2.24, 2.45) is 0 Å². The van der Waals surface area contributed by atoms with Crippen LogP contribution in [-0.2, 0) is 0 Å². The number of aliphatic hydroxyl groups excluding tert-OH is 1. The summed E-state index contributed by atoms with van der Waals surface area (Å²) < 4.78 is 0. The van der Waals surface area contributed by atoms with Crippen molar-refractivity contribution in [2.75, 3.05) is 5.75 Å². The average Bonchev–Trinajstić information content (AvgIpc) is 2.31. The van der Waals surface area contributed by atoms with Crippen LogP contribution in [0.15, 0.2) is 0 Å². The Labute approximate surface area is 67.2 Å². The van der Waals surface area contributed by atoms with Crippen molar-refractivity contribution in [1.29, 1.82) is 0 Å². The molecular weight excluding hydrogens is 144 g/mol. The van der Waals surface area contributed by atoms with E-state index in [0.717, 1.165) is 12.2 Å². The number of thioether (sulfide) groups is 1. The van der Waals surface area contributed by atoms with Gasteiger partial charge in [0.25, 0.3) is 0 Å². The predicted molar refractivity (Wildman–Crippen MR) is 46.4 cm³/mol. The molecule has 1 N–H and O–H groups in total. The lowest BCUT2D eigenvalue weighted by molar-refractivity contribution is 0.172. The second-order valence-electron chi connectivity index (χ2n) is 2.91. The van der Waals surface area contributed by atoms with E-state index in [2.05, 4.69) is 6.92 Å². The zero-order valence-electron chi connectivity index (χ0n) is 6.55. The van der Waals surface area contributed by atoms with Crippen molar-refractivity contribution in [3.8, 4) is 0 Å². The summed E-state index contributed by atoms with van der Waals surface area (Å²) in [6.07, 6.45) is 4.75. The molecular formula is C8H16OS. The van der Waals surface area contributed by atoms with Gasteiger partial charge in [-0.05, 0) is 18.6 Å². The summed E-state index contributed by atoms with van der Waals surface area (Å²) in [5, 5.41) is 9.95. The second-order valence-corrected chi connectivity index (χ2v) is 4.25. The van der Waals surface area contributed by atoms with Gasteiger partial charge in [-0.1, -0.05) is 19.8 Å². The van der Waals surface area contributed by atoms with Crippen LogP contribution in [0.5, 0.6) is 0 Å². The third-order valence-corrected chi connectivity index (χ3v) is 3.47. The SMILES string of the molecule is CCCC[C@H]1SCC[C@H]1O. The molecule has 1 heterocycles. The first-order chi connectivity index (χ1) is 4.84. The predicted octanol–water partition coefficient (Wildman–Crippen LogP) is 2.04. The largest absolute Gasteiger partial charge is 0.392 e. The summed E-state index contributed by atoms with van der Waals surface area (Å²) in [5.41, 5.74) is 0. The fourth-order valence-corrected chi connectivity index (χ4v) is 2.69. The molecule has 1 aliphatic rings. The van der Waals surface area contributed by atoms with Crippen molar-refractivity contribution in [3.63, 3.8) is 0 Å². The molecule has 2 atom stereocenters. The standard InChI is InChI=1S/C8H16OS/c1-2-3-4-8-7(9)5-6-10-8/h7-9H,2-6H2,1H3/t7-,8-/m1/s1. The highest BCUT2D eigenvalue weighted by atomic mass is 32.2. The smallest absolute Gasteiger partial charge is 0.0666 e. The topological polar surface area (TPSA) is 20.2 Å². The first kappa shape index (κ1) is 8.41. The molecule has 0 radical (unpaired) electrons. The summed E-state index contributed by atoms with van der Waals surface area (Å²) in [7, 11) is 0. The van der Waals surface area contributed by atoms with Crippen LogP contribution in [0.25, 0.3) is 0 Å². The Morgan fingerprint density at radius 3 is 2.90 bits per heavy atom. The molecule has 0 aromatic carbocycles. The monoisotopic (exact) mass is 160 g/mol. The molecule has 0 unspecified atom stereocenters. The van der Waals surface area contributed by atoms with E-state index >= 15 is 0 Å². The van der Waals surface area contributed by atoms with Gasteiger partial charge in [0, 0.05) is 5.25 Å². The van der Waals surface area contributed by atoms with Crippen LogP contribution in [0.1, 0.15) is 32.6 Å². The lowest BCUT2D eigenvalue weighted by atomic mass is 10.1. The highest BCUT2D eigenvalue weighted by Crippen LogP contribution is 2.30. The molecule has 0 aliphatic carbocycles. The van der Waals surface area contributed by atoms with Crippen LogP contribution >= 0.6 is 11.8 Å². The Hall–Kier alpha value is 0.310. The van der Waals surface area contributed by atoms with Gasteiger partial charge in [-0.25, -0.2) is 0 Å². The lowest BCUT2D eigenvalue weighted by Crippen LogP contribution is -2.16. The Balaban J connectivity index is 2.14. The van der Waals surface area contributed by atoms with Gasteiger partial charge in [0.05, 0.1) is 6.10 Å². The minimum atomic E-state index is -0.00319. The Morgan fingerprint density at radius 2 is 2.40 bits per heavy atom. The molecule has 0 saturated carbocycles. The molecule has 1 nitrogen and oxygen atoms in total. The van der Waals surface area contributed by atoms with Gasteiger partial charge < -0.3 is 5.11 Å². The second kappa shape index (κ2) is 4.24. The minimum Gasteiger partial charge on any atom is -0.392 e. The molecule has 60 valence electrons. The van der Waals surface area contributed by atoms with E-state index in [1.807, 2.05) is 11.8 Å². The maximum absolute atomic E-state index is 9.39. The van der Waals surface area contributed by atoms with Gasteiger partial charge in [-0.3, -0.25) is 0 Å². The molecule has 2 heteroatoms. The van der Waals surface area contributed by atoms with Crippen molar-refractivity contribution in [1.82, 2.24) is 0 Å². The Kier molecular flexibility index (Phi) is 3.57. The van der Waals surface area contributed by atoms with Gasteiger partial charge >= 0.3 is 0 Å². The molecule has 0 amide bonds. The number of aliphatic hydroxyl groups is 1. The highest BCUT2D eigenvalue weighted by molar-refractivity contribution is 8.00. The number of hydrogen-bond donors (Lipinski definition) is 1. The fourth-order valence-electron chi connectivity index (χ4n) is 1.32. The zero-order valence-corrected chi connectivity index (χ0v) is 7.36. The quantitative estimate of drug-likeness (QED) is 0.682. The van der Waals surface area contributed by atoms with Gasteiger partial charge in [0.1, 0.15) is 0 Å². The zero-order chi connectivity index (χ0) is 7.40. The molecule has 1 aliphatic heterocycles. The maximum Gasteiger partial charge on any atom is 0.0666 e. The van der Waals surface area contributed by atoms with E-state index in [1.165, 1.54) is 19.3 Å². The van der Waals surface area contributed by atoms with E-state index < -0.39 is 0 Å². The summed E-state index contributed by atoms with van der Waals surface area (Å²) in [4.78, 5) is 0. The van der Waals surface area contributed by atoms with E-state index in [0.29, 0.717) is 5.25 Å². The molecule has 0 spiro atoms. The van der Waals surface area contributed by atoms with Crippen LogP contribution in [-0.4, -0.2) is 22.2 Å². The van der Waals surface area contributed by atoms with Gasteiger partial charge in [-0.15, -0.1) is 0 Å². The molecule has 1 fully saturated rings. The van der Waals surface area contributed by atoms with Crippen LogP contribution in [0, 0.1) is 0 Å². The number of hydrogen-bond acceptors (Lipinski definition) is 2. The van der Waals surface area contributed by atoms with Crippen LogP contribution in [0.3, 0.4) is 0 Å². The third-order valence-electron chi connectivity index (χ3n) is 2.02. The van der Waals surface area contributed by atoms with Gasteiger partial charge in [0.15, 0.2) is 0 Å². The van der Waals surface area contributed by atoms with Crippen LogP contribution in [0.2, 0.25) is 0 Å². The first-order valence-electron chi connectivity index (χ1n) is 4.14. The van der Waals surface area contributed by atoms with Crippen LogP contribution in [0.4, 0.5) is 0 Å². The molecule has 0 aromatic rings.